The summed E-state index contributed by atoms with van der Waals surface area (Å²) in [6.45, 7) is 4.57. The second kappa shape index (κ2) is 4.57. The Bertz CT molecular complexity index is 544. The van der Waals surface area contributed by atoms with E-state index in [1.165, 1.54) is 0 Å². The van der Waals surface area contributed by atoms with E-state index in [-0.39, 0.29) is 11.9 Å². The first-order chi connectivity index (χ1) is 9.43. The van der Waals surface area contributed by atoms with Crippen LogP contribution in [0.5, 0.6) is 0 Å². The van der Waals surface area contributed by atoms with Crippen molar-refractivity contribution in [3.05, 3.63) is 34.9 Å². The number of benzene rings is 1. The zero-order chi connectivity index (χ0) is 14.5. The van der Waals surface area contributed by atoms with E-state index < -0.39 is 5.60 Å². The van der Waals surface area contributed by atoms with Crippen molar-refractivity contribution in [1.82, 2.24) is 4.90 Å². The van der Waals surface area contributed by atoms with Gasteiger partial charge >= 0.3 is 0 Å². The average Bonchev–Trinajstić information content (AvgIpc) is 3.14. The Kier molecular flexibility index (Phi) is 3.10. The fourth-order valence-corrected chi connectivity index (χ4v) is 3.48. The predicted octanol–water partition coefficient (Wildman–Crippen LogP) is 1.65. The van der Waals surface area contributed by atoms with Crippen LogP contribution in [0.1, 0.15) is 48.2 Å². The Morgan fingerprint density at radius 1 is 1.45 bits per heavy atom. The Balaban J connectivity index is 1.97. The number of hydrogen-bond donors (Lipinski definition) is 2. The summed E-state index contributed by atoms with van der Waals surface area (Å²) in [5, 5.41) is 10.5. The molecule has 0 radical (unpaired) electrons. The first-order valence-electron chi connectivity index (χ1n) is 7.27. The summed E-state index contributed by atoms with van der Waals surface area (Å²) < 4.78 is 0. The molecule has 1 atom stereocenters. The second-order valence-electron chi connectivity index (χ2n) is 6.52. The quantitative estimate of drug-likeness (QED) is 0.877. The van der Waals surface area contributed by atoms with Crippen LogP contribution in [-0.2, 0) is 13.1 Å². The van der Waals surface area contributed by atoms with Gasteiger partial charge in [0.2, 0.25) is 0 Å². The fourth-order valence-electron chi connectivity index (χ4n) is 3.48. The number of nitrogens with two attached hydrogens (primary N) is 1. The maximum absolute atomic E-state index is 12.8. The summed E-state index contributed by atoms with van der Waals surface area (Å²) in [7, 11) is 0. The van der Waals surface area contributed by atoms with Gasteiger partial charge in [-0.05, 0) is 43.7 Å². The van der Waals surface area contributed by atoms with Gasteiger partial charge in [-0.2, -0.15) is 0 Å². The third kappa shape index (κ3) is 2.13. The normalized spacial score (nSPS) is 20.2. The molecular formula is C16H22N2O2. The van der Waals surface area contributed by atoms with Crippen LogP contribution in [0.25, 0.3) is 0 Å². The fraction of sp³-hybridized carbons (Fsp3) is 0.562. The second-order valence-corrected chi connectivity index (χ2v) is 6.52. The van der Waals surface area contributed by atoms with Gasteiger partial charge in [-0.25, -0.2) is 0 Å². The van der Waals surface area contributed by atoms with Gasteiger partial charge in [-0.15, -0.1) is 0 Å². The zero-order valence-electron chi connectivity index (χ0n) is 12.1. The topological polar surface area (TPSA) is 66.6 Å². The molecule has 0 spiro atoms. The molecule has 0 saturated heterocycles. The van der Waals surface area contributed by atoms with E-state index in [2.05, 4.69) is 0 Å². The lowest BCUT2D eigenvalue weighted by atomic mass is 9.93. The lowest BCUT2D eigenvalue weighted by molar-refractivity contribution is -0.0224. The van der Waals surface area contributed by atoms with Crippen LogP contribution in [0.2, 0.25) is 0 Å². The molecular weight excluding hydrogens is 252 g/mol. The van der Waals surface area contributed by atoms with E-state index in [1.807, 2.05) is 23.1 Å². The molecule has 0 aromatic heterocycles. The summed E-state index contributed by atoms with van der Waals surface area (Å²) in [6.07, 6.45) is 2.19. The lowest BCUT2D eigenvalue weighted by Gasteiger charge is -2.37. The van der Waals surface area contributed by atoms with Crippen LogP contribution >= 0.6 is 0 Å². The Morgan fingerprint density at radius 3 is 2.70 bits per heavy atom. The summed E-state index contributed by atoms with van der Waals surface area (Å²) in [6, 6.07) is 5.75. The molecule has 2 aliphatic rings. The van der Waals surface area contributed by atoms with Crippen molar-refractivity contribution < 1.29 is 9.90 Å². The number of nitrogens with zero attached hydrogens (tertiary/aromatic N) is 1. The number of rotatable bonds is 4. The molecule has 1 aromatic carbocycles. The van der Waals surface area contributed by atoms with Gasteiger partial charge in [-0.3, -0.25) is 4.79 Å². The number of aliphatic hydroxyl groups is 1. The van der Waals surface area contributed by atoms with E-state index >= 15 is 0 Å². The van der Waals surface area contributed by atoms with Crippen molar-refractivity contribution in [2.24, 2.45) is 11.7 Å². The molecule has 0 bridgehead atoms. The standard InChI is InChI=1S/C16H22N2O2/c1-16(2,20)14(10-6-7-10)18-9-12-5-3-4-11(8-17)13(12)15(18)19/h3-5,10,14,20H,6-9,17H2,1-2H3/t14-/m1/s1. The van der Waals surface area contributed by atoms with E-state index in [9.17, 15) is 9.90 Å². The molecule has 1 aromatic rings. The van der Waals surface area contributed by atoms with Crippen molar-refractivity contribution in [3.63, 3.8) is 0 Å². The van der Waals surface area contributed by atoms with Gasteiger partial charge in [0.05, 0.1) is 11.6 Å². The van der Waals surface area contributed by atoms with Crippen LogP contribution in [-0.4, -0.2) is 27.6 Å². The molecule has 20 heavy (non-hydrogen) atoms. The van der Waals surface area contributed by atoms with Crippen LogP contribution < -0.4 is 5.73 Å². The zero-order valence-corrected chi connectivity index (χ0v) is 12.1. The van der Waals surface area contributed by atoms with Gasteiger partial charge in [0.1, 0.15) is 0 Å². The van der Waals surface area contributed by atoms with E-state index in [4.69, 9.17) is 5.73 Å². The van der Waals surface area contributed by atoms with Crippen molar-refractivity contribution in [2.45, 2.75) is 51.4 Å². The highest BCUT2D eigenvalue weighted by Crippen LogP contribution is 2.43. The molecule has 0 unspecified atom stereocenters. The predicted molar refractivity (Wildman–Crippen MR) is 77.0 cm³/mol. The molecule has 3 rings (SSSR count). The van der Waals surface area contributed by atoms with Gasteiger partial charge in [0, 0.05) is 18.7 Å². The highest BCUT2D eigenvalue weighted by atomic mass is 16.3. The number of fused-ring (bicyclic) bond motifs is 1. The summed E-state index contributed by atoms with van der Waals surface area (Å²) in [4.78, 5) is 14.6. The molecule has 4 nitrogen and oxygen atoms in total. The minimum atomic E-state index is -0.873. The first-order valence-corrected chi connectivity index (χ1v) is 7.27. The molecule has 1 aliphatic heterocycles. The molecule has 4 heteroatoms. The smallest absolute Gasteiger partial charge is 0.255 e. The van der Waals surface area contributed by atoms with Crippen LogP contribution in [0.15, 0.2) is 18.2 Å². The number of carbonyl (C=O) groups is 1. The molecule has 1 saturated carbocycles. The minimum Gasteiger partial charge on any atom is -0.388 e. The number of amides is 1. The highest BCUT2D eigenvalue weighted by molar-refractivity contribution is 6.00. The molecule has 108 valence electrons. The van der Waals surface area contributed by atoms with Gasteiger partial charge < -0.3 is 15.7 Å². The van der Waals surface area contributed by atoms with E-state index in [1.54, 1.807) is 13.8 Å². The van der Waals surface area contributed by atoms with Crippen molar-refractivity contribution in [1.29, 1.82) is 0 Å². The molecule has 1 aliphatic carbocycles. The van der Waals surface area contributed by atoms with Gasteiger partial charge in [-0.1, -0.05) is 18.2 Å². The minimum absolute atomic E-state index is 0.0278. The van der Waals surface area contributed by atoms with Crippen LogP contribution in [0.4, 0.5) is 0 Å². The number of carbonyl (C=O) groups excluding carboxylic acids is 1. The van der Waals surface area contributed by atoms with E-state index in [0.717, 1.165) is 29.5 Å². The van der Waals surface area contributed by atoms with Gasteiger partial charge in [0.25, 0.3) is 5.91 Å². The SMILES string of the molecule is CC(C)(O)[C@@H](C1CC1)N1Cc2cccc(CN)c2C1=O. The molecule has 1 heterocycles. The summed E-state index contributed by atoms with van der Waals surface area (Å²) >= 11 is 0. The third-order valence-corrected chi connectivity index (χ3v) is 4.40. The maximum Gasteiger partial charge on any atom is 0.255 e. The average molecular weight is 274 g/mol. The monoisotopic (exact) mass is 274 g/mol. The number of hydrogen-bond acceptors (Lipinski definition) is 3. The molecule has 1 amide bonds. The Hall–Kier alpha value is -1.39. The third-order valence-electron chi connectivity index (χ3n) is 4.40. The lowest BCUT2D eigenvalue weighted by Crippen LogP contribution is -2.51. The van der Waals surface area contributed by atoms with Gasteiger partial charge in [0.15, 0.2) is 0 Å². The molecule has 3 N–H and O–H groups in total. The van der Waals surface area contributed by atoms with Crippen molar-refractivity contribution in [3.8, 4) is 0 Å². The van der Waals surface area contributed by atoms with Crippen LogP contribution in [0, 0.1) is 5.92 Å². The van der Waals surface area contributed by atoms with Crippen molar-refractivity contribution in [2.75, 3.05) is 0 Å². The van der Waals surface area contributed by atoms with E-state index in [0.29, 0.717) is 19.0 Å². The maximum atomic E-state index is 12.8. The Morgan fingerprint density at radius 2 is 2.15 bits per heavy atom. The Labute approximate surface area is 119 Å². The largest absolute Gasteiger partial charge is 0.388 e. The first kappa shape index (κ1) is 13.6. The van der Waals surface area contributed by atoms with Crippen LogP contribution in [0.3, 0.4) is 0 Å². The summed E-state index contributed by atoms with van der Waals surface area (Å²) in [5.74, 6) is 0.453. The highest BCUT2D eigenvalue weighted by Gasteiger charge is 2.47. The van der Waals surface area contributed by atoms with Crippen molar-refractivity contribution >= 4 is 5.91 Å². The summed E-state index contributed by atoms with van der Waals surface area (Å²) in [5.41, 5.74) is 7.56. The molecule has 1 fully saturated rings.